The van der Waals surface area contributed by atoms with Crippen LogP contribution in [0.1, 0.15) is 27.9 Å². The Kier molecular flexibility index (Phi) is 3.60. The van der Waals surface area contributed by atoms with Crippen LogP contribution >= 0.6 is 11.3 Å². The summed E-state index contributed by atoms with van der Waals surface area (Å²) in [6.07, 6.45) is -4.60. The molecule has 0 spiro atoms. The SMILES string of the molecule is Cc1csc(C(N)c2cc(F)cc(C(F)(F)F)c2)n1. The largest absolute Gasteiger partial charge is 0.416 e. The van der Waals surface area contributed by atoms with Crippen molar-refractivity contribution in [2.24, 2.45) is 5.73 Å². The van der Waals surface area contributed by atoms with Crippen LogP contribution in [-0.2, 0) is 6.18 Å². The topological polar surface area (TPSA) is 38.9 Å². The Morgan fingerprint density at radius 1 is 1.26 bits per heavy atom. The molecule has 2 N–H and O–H groups in total. The Hall–Kier alpha value is -1.47. The van der Waals surface area contributed by atoms with E-state index in [1.165, 1.54) is 11.3 Å². The molecule has 2 aromatic rings. The number of aromatic nitrogens is 1. The fourth-order valence-electron chi connectivity index (χ4n) is 1.61. The molecule has 0 amide bonds. The van der Waals surface area contributed by atoms with Crippen LogP contribution in [-0.4, -0.2) is 4.98 Å². The first-order valence-corrected chi connectivity index (χ1v) is 6.20. The molecule has 2 nitrogen and oxygen atoms in total. The summed E-state index contributed by atoms with van der Waals surface area (Å²) in [6, 6.07) is 1.43. The van der Waals surface area contributed by atoms with Gasteiger partial charge in [0.15, 0.2) is 0 Å². The maximum Gasteiger partial charge on any atom is 0.416 e. The average Bonchev–Trinajstić information content (AvgIpc) is 2.73. The van der Waals surface area contributed by atoms with E-state index in [4.69, 9.17) is 5.73 Å². The van der Waals surface area contributed by atoms with Crippen molar-refractivity contribution >= 4 is 11.3 Å². The van der Waals surface area contributed by atoms with Crippen molar-refractivity contribution in [2.45, 2.75) is 19.1 Å². The first kappa shape index (κ1) is 14.0. The second-order valence-electron chi connectivity index (χ2n) is 4.08. The predicted octanol–water partition coefficient (Wildman–Crippen LogP) is 3.66. The minimum absolute atomic E-state index is 0.0571. The summed E-state index contributed by atoms with van der Waals surface area (Å²) in [4.78, 5) is 4.10. The lowest BCUT2D eigenvalue weighted by Crippen LogP contribution is -2.14. The third-order valence-corrected chi connectivity index (χ3v) is 3.56. The van der Waals surface area contributed by atoms with E-state index in [2.05, 4.69) is 4.98 Å². The molecular weight excluding hydrogens is 280 g/mol. The van der Waals surface area contributed by atoms with Crippen molar-refractivity contribution in [1.29, 1.82) is 0 Å². The van der Waals surface area contributed by atoms with Crippen molar-refractivity contribution in [3.8, 4) is 0 Å². The normalized spacial score (nSPS) is 13.6. The van der Waals surface area contributed by atoms with Crippen LogP contribution in [0, 0.1) is 12.7 Å². The van der Waals surface area contributed by atoms with Gasteiger partial charge >= 0.3 is 6.18 Å². The molecule has 0 aliphatic heterocycles. The van der Waals surface area contributed by atoms with Crippen LogP contribution in [0.25, 0.3) is 0 Å². The van der Waals surface area contributed by atoms with E-state index in [0.29, 0.717) is 11.1 Å². The van der Waals surface area contributed by atoms with Crippen LogP contribution in [0.5, 0.6) is 0 Å². The fraction of sp³-hybridized carbons (Fsp3) is 0.250. The summed E-state index contributed by atoms with van der Waals surface area (Å²) in [7, 11) is 0. The van der Waals surface area contributed by atoms with Gasteiger partial charge in [0.25, 0.3) is 0 Å². The molecule has 1 aromatic heterocycles. The molecule has 102 valence electrons. The summed E-state index contributed by atoms with van der Waals surface area (Å²) in [5.74, 6) is -0.964. The standard InChI is InChI=1S/C12H10F4N2S/c1-6-5-19-11(18-6)10(17)7-2-8(12(14,15)16)4-9(13)3-7/h2-5,10H,17H2,1H3. The third kappa shape index (κ3) is 3.10. The van der Waals surface area contributed by atoms with Crippen molar-refractivity contribution < 1.29 is 17.6 Å². The van der Waals surface area contributed by atoms with Crippen LogP contribution in [0.15, 0.2) is 23.6 Å². The maximum atomic E-state index is 13.3. The van der Waals surface area contributed by atoms with Gasteiger partial charge in [-0.3, -0.25) is 0 Å². The van der Waals surface area contributed by atoms with E-state index < -0.39 is 23.6 Å². The summed E-state index contributed by atoms with van der Waals surface area (Å²) in [5.41, 5.74) is 5.56. The molecule has 2 rings (SSSR count). The first-order valence-electron chi connectivity index (χ1n) is 5.32. The molecule has 1 atom stereocenters. The minimum Gasteiger partial charge on any atom is -0.318 e. The summed E-state index contributed by atoms with van der Waals surface area (Å²) < 4.78 is 51.1. The highest BCUT2D eigenvalue weighted by Gasteiger charge is 2.32. The zero-order chi connectivity index (χ0) is 14.2. The molecule has 0 fully saturated rings. The zero-order valence-electron chi connectivity index (χ0n) is 9.83. The van der Waals surface area contributed by atoms with Crippen molar-refractivity contribution in [3.63, 3.8) is 0 Å². The Balaban J connectivity index is 2.42. The molecule has 1 heterocycles. The summed E-state index contributed by atoms with van der Waals surface area (Å²) in [6.45, 7) is 1.75. The zero-order valence-corrected chi connectivity index (χ0v) is 10.6. The van der Waals surface area contributed by atoms with Gasteiger partial charge in [-0.25, -0.2) is 9.37 Å². The van der Waals surface area contributed by atoms with Crippen molar-refractivity contribution in [2.75, 3.05) is 0 Å². The van der Waals surface area contributed by atoms with Crippen LogP contribution in [0.4, 0.5) is 17.6 Å². The molecule has 0 radical (unpaired) electrons. The Bertz CT molecular complexity index is 592. The quantitative estimate of drug-likeness (QED) is 0.857. The number of hydrogen-bond donors (Lipinski definition) is 1. The van der Waals surface area contributed by atoms with E-state index in [1.807, 2.05) is 0 Å². The molecule has 0 aliphatic rings. The van der Waals surface area contributed by atoms with Gasteiger partial charge < -0.3 is 5.73 Å². The maximum absolute atomic E-state index is 13.3. The highest BCUT2D eigenvalue weighted by molar-refractivity contribution is 7.09. The lowest BCUT2D eigenvalue weighted by Gasteiger charge is -2.13. The minimum atomic E-state index is -4.60. The van der Waals surface area contributed by atoms with Gasteiger partial charge in [0.2, 0.25) is 0 Å². The van der Waals surface area contributed by atoms with E-state index in [0.717, 1.165) is 17.8 Å². The predicted molar refractivity (Wildman–Crippen MR) is 64.3 cm³/mol. The highest BCUT2D eigenvalue weighted by Crippen LogP contribution is 2.32. The van der Waals surface area contributed by atoms with Gasteiger partial charge in [0, 0.05) is 11.1 Å². The number of alkyl halides is 3. The Labute approximate surface area is 110 Å². The number of rotatable bonds is 2. The fourth-order valence-corrected chi connectivity index (χ4v) is 2.44. The van der Waals surface area contributed by atoms with Gasteiger partial charge in [0.05, 0.1) is 11.6 Å². The molecule has 7 heteroatoms. The molecule has 0 saturated carbocycles. The van der Waals surface area contributed by atoms with Crippen molar-refractivity contribution in [1.82, 2.24) is 4.98 Å². The van der Waals surface area contributed by atoms with E-state index in [9.17, 15) is 17.6 Å². The van der Waals surface area contributed by atoms with Crippen LogP contribution in [0.3, 0.4) is 0 Å². The van der Waals surface area contributed by atoms with Gasteiger partial charge in [-0.1, -0.05) is 0 Å². The average molecular weight is 290 g/mol. The number of halogens is 4. The second kappa shape index (κ2) is 4.90. The van der Waals surface area contributed by atoms with E-state index in [1.54, 1.807) is 12.3 Å². The molecule has 1 unspecified atom stereocenters. The van der Waals surface area contributed by atoms with Crippen molar-refractivity contribution in [3.05, 3.63) is 51.2 Å². The number of thiazole rings is 1. The number of nitrogens with two attached hydrogens (primary N) is 1. The van der Waals surface area contributed by atoms with Crippen LogP contribution in [0.2, 0.25) is 0 Å². The Morgan fingerprint density at radius 2 is 1.95 bits per heavy atom. The van der Waals surface area contributed by atoms with Gasteiger partial charge in [0.1, 0.15) is 10.8 Å². The smallest absolute Gasteiger partial charge is 0.318 e. The monoisotopic (exact) mass is 290 g/mol. The highest BCUT2D eigenvalue weighted by atomic mass is 32.1. The molecule has 1 aromatic carbocycles. The summed E-state index contributed by atoms with van der Waals surface area (Å²) in [5, 5.41) is 2.19. The van der Waals surface area contributed by atoms with Crippen LogP contribution < -0.4 is 5.73 Å². The van der Waals surface area contributed by atoms with Gasteiger partial charge in [-0.2, -0.15) is 13.2 Å². The molecule has 0 aliphatic carbocycles. The van der Waals surface area contributed by atoms with E-state index >= 15 is 0 Å². The number of hydrogen-bond acceptors (Lipinski definition) is 3. The molecule has 0 saturated heterocycles. The van der Waals surface area contributed by atoms with E-state index in [-0.39, 0.29) is 5.56 Å². The van der Waals surface area contributed by atoms with Gasteiger partial charge in [-0.15, -0.1) is 11.3 Å². The number of aryl methyl sites for hydroxylation is 1. The summed E-state index contributed by atoms with van der Waals surface area (Å²) >= 11 is 1.23. The molecule has 0 bridgehead atoms. The molecular formula is C12H10F4N2S. The number of nitrogens with zero attached hydrogens (tertiary/aromatic N) is 1. The first-order chi connectivity index (χ1) is 8.77. The Morgan fingerprint density at radius 3 is 2.47 bits per heavy atom. The second-order valence-corrected chi connectivity index (χ2v) is 4.97. The van der Waals surface area contributed by atoms with Gasteiger partial charge in [-0.05, 0) is 30.7 Å². The third-order valence-electron chi connectivity index (χ3n) is 2.51. The molecule has 19 heavy (non-hydrogen) atoms. The lowest BCUT2D eigenvalue weighted by atomic mass is 10.0. The lowest BCUT2D eigenvalue weighted by molar-refractivity contribution is -0.137. The number of benzene rings is 1.